The van der Waals surface area contributed by atoms with E-state index in [0.717, 1.165) is 12.4 Å². The van der Waals surface area contributed by atoms with Crippen LogP contribution in [0.3, 0.4) is 0 Å². The Balaban J connectivity index is 2.57. The smallest absolute Gasteiger partial charge is 0.120 e. The van der Waals surface area contributed by atoms with Crippen molar-refractivity contribution >= 4 is 31.4 Å². The second kappa shape index (κ2) is 5.34. The lowest BCUT2D eigenvalue weighted by molar-refractivity contribution is 0.276. The van der Waals surface area contributed by atoms with E-state index in [9.17, 15) is 0 Å². The molecular formula is C12H18IOSi. The molecule has 0 N–H and O–H groups in total. The third-order valence-electron chi connectivity index (χ3n) is 2.75. The first-order chi connectivity index (χ1) is 6.92. The standard InChI is InChI=1S/C12H18IOSi/c1-12(2,15(3)4)9-14-11-7-5-6-10(13)8-11/h5-8H,9H2,1-4H3. The van der Waals surface area contributed by atoms with Gasteiger partial charge in [-0.3, -0.25) is 0 Å². The zero-order valence-electron chi connectivity index (χ0n) is 9.80. The third-order valence-corrected chi connectivity index (χ3v) is 6.27. The van der Waals surface area contributed by atoms with Gasteiger partial charge in [0.05, 0.1) is 15.4 Å². The largest absolute Gasteiger partial charge is 0.493 e. The molecule has 15 heavy (non-hydrogen) atoms. The number of rotatable bonds is 4. The molecule has 0 atom stereocenters. The maximum atomic E-state index is 5.83. The highest BCUT2D eigenvalue weighted by atomic mass is 127. The average Bonchev–Trinajstić information content (AvgIpc) is 2.15. The van der Waals surface area contributed by atoms with Gasteiger partial charge in [0.2, 0.25) is 0 Å². The van der Waals surface area contributed by atoms with E-state index in [-0.39, 0.29) is 8.80 Å². The second-order valence-corrected chi connectivity index (χ2v) is 9.23. The summed E-state index contributed by atoms with van der Waals surface area (Å²) in [4.78, 5) is 0. The molecule has 1 aromatic carbocycles. The Kier molecular flexibility index (Phi) is 4.64. The van der Waals surface area contributed by atoms with Crippen molar-refractivity contribution in [3.63, 3.8) is 0 Å². The summed E-state index contributed by atoms with van der Waals surface area (Å²) in [6.45, 7) is 10.1. The Morgan fingerprint density at radius 3 is 2.53 bits per heavy atom. The molecule has 3 heteroatoms. The van der Waals surface area contributed by atoms with E-state index in [1.54, 1.807) is 0 Å². The number of ether oxygens (including phenoxy) is 1. The fourth-order valence-electron chi connectivity index (χ4n) is 0.965. The summed E-state index contributed by atoms with van der Waals surface area (Å²) >= 11 is 2.31. The van der Waals surface area contributed by atoms with Crippen molar-refractivity contribution in [3.05, 3.63) is 27.8 Å². The summed E-state index contributed by atoms with van der Waals surface area (Å²) in [5.74, 6) is 0.984. The maximum absolute atomic E-state index is 5.83. The van der Waals surface area contributed by atoms with Gasteiger partial charge in [0, 0.05) is 3.57 Å². The zero-order chi connectivity index (χ0) is 11.5. The molecule has 1 aromatic rings. The first-order valence-electron chi connectivity index (χ1n) is 5.11. The summed E-state index contributed by atoms with van der Waals surface area (Å²) in [6, 6.07) is 8.21. The molecule has 0 aromatic heterocycles. The van der Waals surface area contributed by atoms with Crippen LogP contribution in [-0.2, 0) is 0 Å². The lowest BCUT2D eigenvalue weighted by atomic mass is 10.2. The molecule has 0 saturated heterocycles. The minimum absolute atomic E-state index is 0.317. The highest BCUT2D eigenvalue weighted by Crippen LogP contribution is 2.29. The van der Waals surface area contributed by atoms with Gasteiger partial charge >= 0.3 is 0 Å². The lowest BCUT2D eigenvalue weighted by Crippen LogP contribution is -2.27. The maximum Gasteiger partial charge on any atom is 0.120 e. The summed E-state index contributed by atoms with van der Waals surface area (Å²) in [6.07, 6.45) is 0. The molecule has 0 bridgehead atoms. The van der Waals surface area contributed by atoms with Gasteiger partial charge < -0.3 is 4.74 Å². The Bertz CT molecular complexity index is 323. The van der Waals surface area contributed by atoms with Gasteiger partial charge in [-0.2, -0.15) is 0 Å². The number of hydrogen-bond donors (Lipinski definition) is 0. The van der Waals surface area contributed by atoms with Crippen LogP contribution in [0.1, 0.15) is 13.8 Å². The van der Waals surface area contributed by atoms with Crippen LogP contribution < -0.4 is 4.74 Å². The first-order valence-corrected chi connectivity index (χ1v) is 8.69. The molecule has 0 heterocycles. The van der Waals surface area contributed by atoms with Crippen LogP contribution in [0, 0.1) is 3.57 Å². The molecule has 0 saturated carbocycles. The van der Waals surface area contributed by atoms with Crippen LogP contribution >= 0.6 is 22.6 Å². The van der Waals surface area contributed by atoms with Gasteiger partial charge in [0.25, 0.3) is 0 Å². The fourth-order valence-corrected chi connectivity index (χ4v) is 1.84. The van der Waals surface area contributed by atoms with Gasteiger partial charge in [-0.05, 0) is 45.8 Å². The van der Waals surface area contributed by atoms with E-state index < -0.39 is 0 Å². The Hall–Kier alpha value is -0.0331. The SMILES string of the molecule is C[Si](C)C(C)(C)COc1cccc(I)c1. The normalized spacial score (nSPS) is 11.9. The predicted molar refractivity (Wildman–Crippen MR) is 76.2 cm³/mol. The highest BCUT2D eigenvalue weighted by molar-refractivity contribution is 14.1. The molecule has 0 amide bonds. The van der Waals surface area contributed by atoms with Gasteiger partial charge in [-0.15, -0.1) is 0 Å². The molecule has 1 rings (SSSR count). The van der Waals surface area contributed by atoms with E-state index in [1.165, 1.54) is 3.57 Å². The molecular weight excluding hydrogens is 315 g/mol. The van der Waals surface area contributed by atoms with Crippen molar-refractivity contribution in [2.45, 2.75) is 32.0 Å². The van der Waals surface area contributed by atoms with Crippen LogP contribution in [0.5, 0.6) is 5.75 Å². The number of hydrogen-bond acceptors (Lipinski definition) is 1. The third kappa shape index (κ3) is 4.15. The van der Waals surface area contributed by atoms with Crippen LogP contribution in [-0.4, -0.2) is 15.4 Å². The van der Waals surface area contributed by atoms with E-state index in [0.29, 0.717) is 5.04 Å². The van der Waals surface area contributed by atoms with E-state index in [1.807, 2.05) is 12.1 Å². The van der Waals surface area contributed by atoms with Gasteiger partial charge in [-0.25, -0.2) is 0 Å². The summed E-state index contributed by atoms with van der Waals surface area (Å²) in [5.41, 5.74) is 0. The molecule has 0 spiro atoms. The van der Waals surface area contributed by atoms with E-state index >= 15 is 0 Å². The summed E-state index contributed by atoms with van der Waals surface area (Å²) in [5, 5.41) is 0.325. The van der Waals surface area contributed by atoms with Crippen LogP contribution in [0.15, 0.2) is 24.3 Å². The van der Waals surface area contributed by atoms with Crippen molar-refractivity contribution in [3.8, 4) is 5.75 Å². The van der Waals surface area contributed by atoms with Gasteiger partial charge in [0.1, 0.15) is 5.75 Å². The lowest BCUT2D eigenvalue weighted by Gasteiger charge is -2.27. The molecule has 1 radical (unpaired) electrons. The first kappa shape index (κ1) is 13.0. The summed E-state index contributed by atoms with van der Waals surface area (Å²) < 4.78 is 7.06. The second-order valence-electron chi connectivity index (χ2n) is 4.63. The fraction of sp³-hybridized carbons (Fsp3) is 0.500. The zero-order valence-corrected chi connectivity index (χ0v) is 13.0. The van der Waals surface area contributed by atoms with Gasteiger partial charge in [0.15, 0.2) is 0 Å². The Morgan fingerprint density at radius 1 is 1.33 bits per heavy atom. The molecule has 0 aliphatic carbocycles. The highest BCUT2D eigenvalue weighted by Gasteiger charge is 2.24. The molecule has 1 nitrogen and oxygen atoms in total. The molecule has 83 valence electrons. The Morgan fingerprint density at radius 2 is 2.00 bits per heavy atom. The topological polar surface area (TPSA) is 9.23 Å². The molecule has 0 fully saturated rings. The summed E-state index contributed by atoms with van der Waals surface area (Å²) in [7, 11) is -0.317. The van der Waals surface area contributed by atoms with Crippen molar-refractivity contribution in [2.75, 3.05) is 6.61 Å². The van der Waals surface area contributed by atoms with E-state index in [4.69, 9.17) is 4.74 Å². The number of benzene rings is 1. The Labute approximate surface area is 108 Å². The van der Waals surface area contributed by atoms with Crippen molar-refractivity contribution in [1.29, 1.82) is 0 Å². The van der Waals surface area contributed by atoms with Crippen LogP contribution in [0.4, 0.5) is 0 Å². The molecule has 0 aliphatic rings. The molecule has 0 unspecified atom stereocenters. The van der Waals surface area contributed by atoms with Crippen molar-refractivity contribution in [1.82, 2.24) is 0 Å². The van der Waals surface area contributed by atoms with Crippen molar-refractivity contribution < 1.29 is 4.74 Å². The monoisotopic (exact) mass is 333 g/mol. The predicted octanol–water partition coefficient (Wildman–Crippen LogP) is 4.20. The van der Waals surface area contributed by atoms with Crippen LogP contribution in [0.25, 0.3) is 0 Å². The van der Waals surface area contributed by atoms with Crippen LogP contribution in [0.2, 0.25) is 18.1 Å². The molecule has 0 aliphatic heterocycles. The average molecular weight is 333 g/mol. The minimum atomic E-state index is -0.317. The quantitative estimate of drug-likeness (QED) is 0.593. The van der Waals surface area contributed by atoms with Crippen molar-refractivity contribution in [2.24, 2.45) is 0 Å². The van der Waals surface area contributed by atoms with Gasteiger partial charge in [-0.1, -0.05) is 33.0 Å². The van der Waals surface area contributed by atoms with E-state index in [2.05, 4.69) is 61.7 Å². The number of halogens is 1. The minimum Gasteiger partial charge on any atom is -0.493 e.